The summed E-state index contributed by atoms with van der Waals surface area (Å²) in [5.41, 5.74) is 1.19. The van der Waals surface area contributed by atoms with Gasteiger partial charge in [-0.2, -0.15) is 0 Å². The van der Waals surface area contributed by atoms with Crippen LogP contribution < -0.4 is 5.32 Å². The van der Waals surface area contributed by atoms with Crippen LogP contribution in [0.5, 0.6) is 0 Å². The molecule has 4 nitrogen and oxygen atoms in total. The molecule has 1 aromatic carbocycles. The molecule has 0 saturated carbocycles. The van der Waals surface area contributed by atoms with Gasteiger partial charge in [-0.25, -0.2) is 4.79 Å². The van der Waals surface area contributed by atoms with Crippen molar-refractivity contribution >= 4 is 23.7 Å². The molecule has 0 radical (unpaired) electrons. The number of hydrogen-bond donors (Lipinski definition) is 1. The highest BCUT2D eigenvalue weighted by Crippen LogP contribution is 2.19. The van der Waals surface area contributed by atoms with Crippen molar-refractivity contribution in [1.82, 2.24) is 10.2 Å². The number of imide groups is 1. The Bertz CT molecular complexity index is 436. The second-order valence-electron chi connectivity index (χ2n) is 4.16. The molecular weight excluding hydrogens is 248 g/mol. The highest BCUT2D eigenvalue weighted by Gasteiger charge is 2.29. The van der Waals surface area contributed by atoms with Crippen LogP contribution >= 0.6 is 11.8 Å². The SMILES string of the molecule is C[C@@H](SCc1ccccc1)C(=O)N1CCNC1=O. The fourth-order valence-corrected chi connectivity index (χ4v) is 2.67. The molecule has 1 atom stereocenters. The molecular formula is C13H16N2O2S. The summed E-state index contributed by atoms with van der Waals surface area (Å²) >= 11 is 1.56. The van der Waals surface area contributed by atoms with E-state index in [9.17, 15) is 9.59 Å². The van der Waals surface area contributed by atoms with Crippen molar-refractivity contribution in [3.05, 3.63) is 35.9 Å². The molecule has 1 N–H and O–H groups in total. The number of carbonyl (C=O) groups excluding carboxylic acids is 2. The number of nitrogens with zero attached hydrogens (tertiary/aromatic N) is 1. The Balaban J connectivity index is 1.86. The monoisotopic (exact) mass is 264 g/mol. The Kier molecular flexibility index (Phi) is 4.25. The van der Waals surface area contributed by atoms with Crippen molar-refractivity contribution in [2.45, 2.75) is 17.9 Å². The fourth-order valence-electron chi connectivity index (χ4n) is 1.77. The summed E-state index contributed by atoms with van der Waals surface area (Å²) in [6, 6.07) is 9.73. The zero-order valence-corrected chi connectivity index (χ0v) is 11.1. The normalized spacial score (nSPS) is 16.5. The van der Waals surface area contributed by atoms with Gasteiger partial charge in [-0.05, 0) is 12.5 Å². The number of benzene rings is 1. The molecule has 1 heterocycles. The molecule has 5 heteroatoms. The maximum atomic E-state index is 12.0. The van der Waals surface area contributed by atoms with Crippen LogP contribution in [0.2, 0.25) is 0 Å². The predicted molar refractivity (Wildman–Crippen MR) is 72.3 cm³/mol. The molecule has 18 heavy (non-hydrogen) atoms. The first-order valence-electron chi connectivity index (χ1n) is 5.93. The average Bonchev–Trinajstić information content (AvgIpc) is 2.82. The van der Waals surface area contributed by atoms with Gasteiger partial charge in [-0.3, -0.25) is 9.69 Å². The number of thioether (sulfide) groups is 1. The Morgan fingerprint density at radius 1 is 1.44 bits per heavy atom. The molecule has 1 aliphatic heterocycles. The van der Waals surface area contributed by atoms with Crippen LogP contribution in [0, 0.1) is 0 Å². The number of hydrogen-bond acceptors (Lipinski definition) is 3. The lowest BCUT2D eigenvalue weighted by molar-refractivity contribution is -0.126. The van der Waals surface area contributed by atoms with E-state index in [1.54, 1.807) is 11.8 Å². The predicted octanol–water partition coefficient (Wildman–Crippen LogP) is 1.86. The quantitative estimate of drug-likeness (QED) is 0.903. The lowest BCUT2D eigenvalue weighted by atomic mass is 10.2. The van der Waals surface area contributed by atoms with Crippen molar-refractivity contribution < 1.29 is 9.59 Å². The Morgan fingerprint density at radius 2 is 2.17 bits per heavy atom. The molecule has 0 bridgehead atoms. The van der Waals surface area contributed by atoms with Gasteiger partial charge in [-0.15, -0.1) is 11.8 Å². The van der Waals surface area contributed by atoms with Crippen molar-refractivity contribution in [1.29, 1.82) is 0 Å². The maximum absolute atomic E-state index is 12.0. The van der Waals surface area contributed by atoms with Crippen molar-refractivity contribution in [3.8, 4) is 0 Å². The number of nitrogens with one attached hydrogen (secondary N) is 1. The summed E-state index contributed by atoms with van der Waals surface area (Å²) < 4.78 is 0. The number of rotatable bonds is 4. The zero-order chi connectivity index (χ0) is 13.0. The molecule has 96 valence electrons. The van der Waals surface area contributed by atoms with Gasteiger partial charge in [-0.1, -0.05) is 30.3 Å². The van der Waals surface area contributed by atoms with Crippen LogP contribution in [-0.2, 0) is 10.5 Å². The third-order valence-electron chi connectivity index (χ3n) is 2.81. The highest BCUT2D eigenvalue weighted by atomic mass is 32.2. The van der Waals surface area contributed by atoms with Gasteiger partial charge < -0.3 is 5.32 Å². The zero-order valence-electron chi connectivity index (χ0n) is 10.3. The Labute approximate surface area is 111 Å². The van der Waals surface area contributed by atoms with Gasteiger partial charge in [0.25, 0.3) is 0 Å². The van der Waals surface area contributed by atoms with E-state index in [0.717, 1.165) is 5.75 Å². The fraction of sp³-hybridized carbons (Fsp3) is 0.385. The average molecular weight is 264 g/mol. The van der Waals surface area contributed by atoms with Gasteiger partial charge in [0.15, 0.2) is 0 Å². The third kappa shape index (κ3) is 3.04. The maximum Gasteiger partial charge on any atom is 0.324 e. The minimum absolute atomic E-state index is 0.106. The summed E-state index contributed by atoms with van der Waals surface area (Å²) in [5.74, 6) is 0.675. The van der Waals surface area contributed by atoms with Crippen molar-refractivity contribution in [2.24, 2.45) is 0 Å². The topological polar surface area (TPSA) is 49.4 Å². The minimum Gasteiger partial charge on any atom is -0.336 e. The molecule has 0 spiro atoms. The Morgan fingerprint density at radius 3 is 2.78 bits per heavy atom. The van der Waals surface area contributed by atoms with Crippen LogP contribution in [0.25, 0.3) is 0 Å². The number of carbonyl (C=O) groups is 2. The Hall–Kier alpha value is -1.49. The van der Waals surface area contributed by atoms with Crippen LogP contribution in [0.3, 0.4) is 0 Å². The summed E-state index contributed by atoms with van der Waals surface area (Å²) in [7, 11) is 0. The summed E-state index contributed by atoms with van der Waals surface area (Å²) in [4.78, 5) is 24.7. The summed E-state index contributed by atoms with van der Waals surface area (Å²) in [6.07, 6.45) is 0. The van der Waals surface area contributed by atoms with E-state index in [1.165, 1.54) is 10.5 Å². The van der Waals surface area contributed by atoms with Crippen LogP contribution in [0.15, 0.2) is 30.3 Å². The third-order valence-corrected chi connectivity index (χ3v) is 4.02. The van der Waals surface area contributed by atoms with E-state index in [4.69, 9.17) is 0 Å². The first-order chi connectivity index (χ1) is 8.68. The molecule has 3 amide bonds. The van der Waals surface area contributed by atoms with Crippen molar-refractivity contribution in [3.63, 3.8) is 0 Å². The minimum atomic E-state index is -0.271. The van der Waals surface area contributed by atoms with E-state index in [-0.39, 0.29) is 17.2 Å². The van der Waals surface area contributed by atoms with Gasteiger partial charge in [0.2, 0.25) is 5.91 Å². The largest absolute Gasteiger partial charge is 0.336 e. The molecule has 1 fully saturated rings. The lowest BCUT2D eigenvalue weighted by Crippen LogP contribution is -2.38. The highest BCUT2D eigenvalue weighted by molar-refractivity contribution is 7.99. The van der Waals surface area contributed by atoms with Crippen molar-refractivity contribution in [2.75, 3.05) is 13.1 Å². The van der Waals surface area contributed by atoms with Gasteiger partial charge in [0.1, 0.15) is 0 Å². The lowest BCUT2D eigenvalue weighted by Gasteiger charge is -2.17. The number of urea groups is 1. The molecule has 1 saturated heterocycles. The van der Waals surface area contributed by atoms with E-state index in [2.05, 4.69) is 5.32 Å². The standard InChI is InChI=1S/C13H16N2O2S/c1-10(12(16)15-8-7-14-13(15)17)18-9-11-5-3-2-4-6-11/h2-6,10H,7-9H2,1H3,(H,14,17)/t10-/m1/s1. The second kappa shape index (κ2) is 5.91. The second-order valence-corrected chi connectivity index (χ2v) is 5.49. The van der Waals surface area contributed by atoms with Crippen LogP contribution in [0.4, 0.5) is 4.79 Å². The van der Waals surface area contributed by atoms with Crippen LogP contribution in [-0.4, -0.2) is 35.2 Å². The summed E-state index contributed by atoms with van der Waals surface area (Å²) in [5, 5.41) is 2.44. The van der Waals surface area contributed by atoms with Gasteiger partial charge in [0.05, 0.1) is 5.25 Å². The molecule has 0 unspecified atom stereocenters. The van der Waals surface area contributed by atoms with Gasteiger partial charge in [0, 0.05) is 18.8 Å². The molecule has 2 rings (SSSR count). The molecule has 1 aliphatic rings. The summed E-state index contributed by atoms with van der Waals surface area (Å²) in [6.45, 7) is 2.89. The van der Waals surface area contributed by atoms with E-state index in [1.807, 2.05) is 37.3 Å². The van der Waals surface area contributed by atoms with E-state index in [0.29, 0.717) is 13.1 Å². The first-order valence-corrected chi connectivity index (χ1v) is 6.98. The first kappa shape index (κ1) is 13.0. The van der Waals surface area contributed by atoms with E-state index >= 15 is 0 Å². The van der Waals surface area contributed by atoms with E-state index < -0.39 is 0 Å². The van der Waals surface area contributed by atoms with Gasteiger partial charge >= 0.3 is 6.03 Å². The van der Waals surface area contributed by atoms with Crippen LogP contribution in [0.1, 0.15) is 12.5 Å². The molecule has 0 aromatic heterocycles. The molecule has 1 aromatic rings. The number of amides is 3. The smallest absolute Gasteiger partial charge is 0.324 e. The molecule has 0 aliphatic carbocycles.